The molecule has 4 heteroatoms. The van der Waals surface area contributed by atoms with Gasteiger partial charge in [0.15, 0.2) is 7.14 Å². The molecule has 2 aromatic heterocycles. The molecule has 47 heavy (non-hydrogen) atoms. The second-order valence-electron chi connectivity index (χ2n) is 11.9. The topological polar surface area (TPSA) is 30.0 Å². The molecule has 2 heterocycles. The van der Waals surface area contributed by atoms with Gasteiger partial charge in [-0.05, 0) is 46.2 Å². The van der Waals surface area contributed by atoms with Crippen LogP contribution >= 0.6 is 18.5 Å². The second kappa shape index (κ2) is 11.2. The van der Waals surface area contributed by atoms with Gasteiger partial charge in [0.05, 0.1) is 11.2 Å². The second-order valence-corrected chi connectivity index (χ2v) is 15.7. The number of para-hydroxylation sites is 1. The zero-order valence-corrected chi connectivity index (χ0v) is 27.1. The first kappa shape index (κ1) is 27.9. The van der Waals surface area contributed by atoms with Crippen molar-refractivity contribution in [1.82, 2.24) is 4.98 Å². The van der Waals surface area contributed by atoms with Crippen LogP contribution in [0.1, 0.15) is 0 Å². The first-order valence-electron chi connectivity index (χ1n) is 15.7. The number of aromatic nitrogens is 1. The number of rotatable bonds is 5. The Hall–Kier alpha value is -5.34. The molecular weight excluding hydrogens is 610 g/mol. The first-order chi connectivity index (χ1) is 23.2. The van der Waals surface area contributed by atoms with Gasteiger partial charge in [0.25, 0.3) is 0 Å². The first-order valence-corrected chi connectivity index (χ1v) is 18.3. The summed E-state index contributed by atoms with van der Waals surface area (Å²) < 4.78 is 17.5. The van der Waals surface area contributed by atoms with Gasteiger partial charge in [-0.3, -0.25) is 0 Å². The van der Waals surface area contributed by atoms with Crippen LogP contribution in [0.25, 0.3) is 64.2 Å². The summed E-state index contributed by atoms with van der Waals surface area (Å²) in [5, 5.41) is 8.39. The van der Waals surface area contributed by atoms with Crippen molar-refractivity contribution in [3.8, 4) is 22.4 Å². The molecule has 0 amide bonds. The Kier molecular flexibility index (Phi) is 6.64. The van der Waals surface area contributed by atoms with Crippen molar-refractivity contribution in [1.29, 1.82) is 0 Å². The van der Waals surface area contributed by atoms with Crippen LogP contribution < -0.4 is 15.9 Å². The van der Waals surface area contributed by atoms with E-state index in [1.807, 2.05) is 78.1 Å². The summed E-state index contributed by atoms with van der Waals surface area (Å²) in [6, 6.07) is 58.3. The van der Waals surface area contributed by atoms with Gasteiger partial charge in [-0.1, -0.05) is 146 Å². The predicted octanol–water partition coefficient (Wildman–Crippen LogP) is 10.7. The monoisotopic (exact) mass is 637 g/mol. The van der Waals surface area contributed by atoms with Gasteiger partial charge in [-0.25, -0.2) is 4.98 Å². The number of hydrogen-bond donors (Lipinski definition) is 0. The van der Waals surface area contributed by atoms with Crippen molar-refractivity contribution in [2.75, 3.05) is 0 Å². The van der Waals surface area contributed by atoms with Gasteiger partial charge in [0.1, 0.15) is 0 Å². The fourth-order valence-corrected chi connectivity index (χ4v) is 10.7. The summed E-state index contributed by atoms with van der Waals surface area (Å²) in [5.74, 6) is 0. The largest absolute Gasteiger partial charge is 0.309 e. The molecule has 0 radical (unpaired) electrons. The maximum absolute atomic E-state index is 14.9. The smallest absolute Gasteiger partial charge is 0.171 e. The molecule has 0 saturated carbocycles. The molecule has 0 atom stereocenters. The number of benzene rings is 7. The Morgan fingerprint density at radius 2 is 1.04 bits per heavy atom. The molecular formula is C43H28NOPS. The Bertz CT molecular complexity index is 2600. The molecule has 0 unspecified atom stereocenters. The Labute approximate surface area is 277 Å². The fraction of sp³-hybridized carbons (Fsp3) is 0. The molecule has 0 spiro atoms. The predicted molar refractivity (Wildman–Crippen MR) is 202 cm³/mol. The highest BCUT2D eigenvalue weighted by molar-refractivity contribution is 7.85. The summed E-state index contributed by atoms with van der Waals surface area (Å²) in [6.45, 7) is 0. The Balaban J connectivity index is 1.11. The van der Waals surface area contributed by atoms with Gasteiger partial charge in [0.2, 0.25) is 0 Å². The average molecular weight is 638 g/mol. The molecule has 0 aliphatic heterocycles. The van der Waals surface area contributed by atoms with E-state index in [-0.39, 0.29) is 0 Å². The number of nitrogens with zero attached hydrogens (tertiary/aromatic N) is 1. The molecule has 222 valence electrons. The molecule has 9 aromatic rings. The Morgan fingerprint density at radius 1 is 0.468 bits per heavy atom. The van der Waals surface area contributed by atoms with E-state index in [1.54, 1.807) is 0 Å². The van der Waals surface area contributed by atoms with Gasteiger partial charge < -0.3 is 4.57 Å². The van der Waals surface area contributed by atoms with Crippen LogP contribution in [0.15, 0.2) is 170 Å². The van der Waals surface area contributed by atoms with E-state index in [0.29, 0.717) is 0 Å². The van der Waals surface area contributed by atoms with Crippen molar-refractivity contribution >= 4 is 76.2 Å². The summed E-state index contributed by atoms with van der Waals surface area (Å²) >= 11 is 1.84. The summed E-state index contributed by atoms with van der Waals surface area (Å²) in [6.07, 6.45) is 0. The number of hydrogen-bond acceptors (Lipinski definition) is 3. The van der Waals surface area contributed by atoms with E-state index in [0.717, 1.165) is 54.6 Å². The van der Waals surface area contributed by atoms with Crippen LogP contribution in [0, 0.1) is 0 Å². The van der Waals surface area contributed by atoms with Gasteiger partial charge >= 0.3 is 0 Å². The van der Waals surface area contributed by atoms with Crippen LogP contribution in [-0.2, 0) is 4.57 Å². The van der Waals surface area contributed by atoms with Gasteiger partial charge in [-0.15, -0.1) is 11.3 Å². The summed E-state index contributed by atoms with van der Waals surface area (Å²) in [4.78, 5) is 5.19. The minimum absolute atomic E-state index is 0.842. The number of fused-ring (bicyclic) bond motifs is 6. The number of pyridine rings is 1. The third kappa shape index (κ3) is 4.62. The lowest BCUT2D eigenvalue weighted by Crippen LogP contribution is -2.24. The van der Waals surface area contributed by atoms with E-state index in [2.05, 4.69) is 103 Å². The van der Waals surface area contributed by atoms with Crippen molar-refractivity contribution < 1.29 is 4.57 Å². The molecule has 0 aliphatic rings. The summed E-state index contributed by atoms with van der Waals surface area (Å²) in [7, 11) is -3.03. The van der Waals surface area contributed by atoms with Gasteiger partial charge in [-0.2, -0.15) is 0 Å². The molecule has 0 saturated heterocycles. The van der Waals surface area contributed by atoms with E-state index in [4.69, 9.17) is 4.98 Å². The van der Waals surface area contributed by atoms with Crippen LogP contribution in [0.5, 0.6) is 0 Å². The molecule has 7 aromatic carbocycles. The third-order valence-corrected chi connectivity index (χ3v) is 13.4. The average Bonchev–Trinajstić information content (AvgIpc) is 3.55. The highest BCUT2D eigenvalue weighted by atomic mass is 32.1. The van der Waals surface area contributed by atoms with E-state index < -0.39 is 7.14 Å². The Morgan fingerprint density at radius 3 is 1.79 bits per heavy atom. The molecule has 0 aliphatic carbocycles. The molecule has 9 rings (SSSR count). The van der Waals surface area contributed by atoms with E-state index in [1.165, 1.54) is 25.6 Å². The van der Waals surface area contributed by atoms with Crippen molar-refractivity contribution in [2.45, 2.75) is 0 Å². The zero-order chi connectivity index (χ0) is 31.4. The minimum Gasteiger partial charge on any atom is -0.309 e. The zero-order valence-electron chi connectivity index (χ0n) is 25.4. The lowest BCUT2D eigenvalue weighted by molar-refractivity contribution is 0.592. The maximum Gasteiger partial charge on any atom is 0.171 e. The van der Waals surface area contributed by atoms with Crippen molar-refractivity contribution in [2.24, 2.45) is 0 Å². The number of thiophene rings is 1. The SMILES string of the molecule is O=P(c1ccccc1)(c1ccccc1)c1ccc2cc(-c3ccc(-c4nc5ccccc5c5sc6ccccc6c45)cc3)ccc2c1. The lowest BCUT2D eigenvalue weighted by Gasteiger charge is -2.20. The van der Waals surface area contributed by atoms with E-state index >= 15 is 0 Å². The quantitative estimate of drug-likeness (QED) is 0.176. The minimum atomic E-state index is -3.03. The van der Waals surface area contributed by atoms with Crippen LogP contribution in [0.4, 0.5) is 0 Å². The van der Waals surface area contributed by atoms with E-state index in [9.17, 15) is 4.57 Å². The molecule has 2 nitrogen and oxygen atoms in total. The van der Waals surface area contributed by atoms with Crippen molar-refractivity contribution in [3.63, 3.8) is 0 Å². The molecule has 0 bridgehead atoms. The standard InChI is InChI=1S/C43H28NOPS/c45-46(34-11-3-1-4-12-34,35-13-5-2-6-14-35)36-26-25-32-27-31(23-24-33(32)28-36)29-19-21-30(22-20-29)42-41-38-16-8-10-18-40(38)47-43(41)37-15-7-9-17-39(37)44-42/h1-28H. The molecule has 0 fully saturated rings. The van der Waals surface area contributed by atoms with Gasteiger partial charge in [0, 0.05) is 47.0 Å². The maximum atomic E-state index is 14.9. The lowest BCUT2D eigenvalue weighted by atomic mass is 9.98. The highest BCUT2D eigenvalue weighted by Crippen LogP contribution is 2.44. The third-order valence-electron chi connectivity index (χ3n) is 9.13. The van der Waals surface area contributed by atoms with Crippen molar-refractivity contribution in [3.05, 3.63) is 170 Å². The normalized spacial score (nSPS) is 11.9. The molecule has 0 N–H and O–H groups in total. The van der Waals surface area contributed by atoms with Crippen LogP contribution in [0.3, 0.4) is 0 Å². The highest BCUT2D eigenvalue weighted by Gasteiger charge is 2.29. The summed E-state index contributed by atoms with van der Waals surface area (Å²) in [5.41, 5.74) is 5.43. The fourth-order valence-electron chi connectivity index (χ4n) is 6.77. The van der Waals surface area contributed by atoms with Crippen LogP contribution in [-0.4, -0.2) is 4.98 Å². The van der Waals surface area contributed by atoms with Crippen LogP contribution in [0.2, 0.25) is 0 Å².